The molecular weight excluding hydrogens is 403 g/mol. The van der Waals surface area contributed by atoms with Gasteiger partial charge in [-0.15, -0.1) is 24.0 Å². The number of halogens is 1. The van der Waals surface area contributed by atoms with E-state index in [0.29, 0.717) is 30.9 Å². The van der Waals surface area contributed by atoms with Gasteiger partial charge in [0.1, 0.15) is 0 Å². The quantitative estimate of drug-likeness (QED) is 0.414. The van der Waals surface area contributed by atoms with Gasteiger partial charge in [0.05, 0.1) is 6.54 Å². The maximum absolute atomic E-state index is 11.8. The minimum atomic E-state index is 0. The summed E-state index contributed by atoms with van der Waals surface area (Å²) in [7, 11) is 1.99. The van der Waals surface area contributed by atoms with Gasteiger partial charge in [-0.3, -0.25) is 4.79 Å². The standard InChI is InChI=1S/C17H26N4O.HI/c1-12(2)9-16(22)20-14-6-4-5-13(10-14)11-19-17(18)21(3)15-7-8-15;/h4-6,10,12,15H,7-9,11H2,1-3H3,(H2,18,19)(H,20,22);1H. The molecule has 0 atom stereocenters. The number of rotatable bonds is 6. The molecule has 1 aromatic rings. The Morgan fingerprint density at radius 3 is 2.74 bits per heavy atom. The summed E-state index contributed by atoms with van der Waals surface area (Å²) < 4.78 is 0. The van der Waals surface area contributed by atoms with E-state index in [1.807, 2.05) is 50.1 Å². The number of nitrogens with zero attached hydrogens (tertiary/aromatic N) is 2. The van der Waals surface area contributed by atoms with Crippen molar-refractivity contribution in [3.05, 3.63) is 29.8 Å². The van der Waals surface area contributed by atoms with E-state index in [2.05, 4.69) is 10.3 Å². The molecule has 0 heterocycles. The van der Waals surface area contributed by atoms with Crippen LogP contribution in [0.15, 0.2) is 29.3 Å². The van der Waals surface area contributed by atoms with Crippen molar-refractivity contribution in [1.82, 2.24) is 4.90 Å². The van der Waals surface area contributed by atoms with E-state index in [9.17, 15) is 4.79 Å². The molecule has 5 nitrogen and oxygen atoms in total. The number of nitrogens with one attached hydrogen (secondary N) is 1. The molecule has 128 valence electrons. The van der Waals surface area contributed by atoms with Gasteiger partial charge in [0, 0.05) is 25.2 Å². The lowest BCUT2D eigenvalue weighted by atomic mass is 10.1. The van der Waals surface area contributed by atoms with Gasteiger partial charge in [-0.25, -0.2) is 4.99 Å². The van der Waals surface area contributed by atoms with Crippen LogP contribution in [0.1, 0.15) is 38.7 Å². The van der Waals surface area contributed by atoms with Crippen LogP contribution in [0.4, 0.5) is 5.69 Å². The second-order valence-electron chi connectivity index (χ2n) is 6.36. The molecule has 0 aromatic heterocycles. The number of anilines is 1. The average molecular weight is 430 g/mol. The van der Waals surface area contributed by atoms with Crippen LogP contribution in [0.25, 0.3) is 0 Å². The lowest BCUT2D eigenvalue weighted by molar-refractivity contribution is -0.116. The van der Waals surface area contributed by atoms with Crippen LogP contribution in [-0.2, 0) is 11.3 Å². The number of hydrogen-bond acceptors (Lipinski definition) is 2. The highest BCUT2D eigenvalue weighted by Crippen LogP contribution is 2.25. The number of carbonyl (C=O) groups is 1. The van der Waals surface area contributed by atoms with Crippen molar-refractivity contribution in [1.29, 1.82) is 0 Å². The number of nitrogens with two attached hydrogens (primary N) is 1. The number of guanidine groups is 1. The molecular formula is C17H27IN4O. The zero-order chi connectivity index (χ0) is 16.1. The summed E-state index contributed by atoms with van der Waals surface area (Å²) in [6, 6.07) is 8.32. The molecule has 1 aliphatic carbocycles. The second-order valence-corrected chi connectivity index (χ2v) is 6.36. The van der Waals surface area contributed by atoms with E-state index in [-0.39, 0.29) is 29.9 Å². The van der Waals surface area contributed by atoms with Gasteiger partial charge in [-0.05, 0) is 36.5 Å². The third-order valence-corrected chi connectivity index (χ3v) is 3.68. The summed E-state index contributed by atoms with van der Waals surface area (Å²) in [4.78, 5) is 18.3. The Labute approximate surface area is 155 Å². The fourth-order valence-corrected chi connectivity index (χ4v) is 2.26. The summed E-state index contributed by atoms with van der Waals surface area (Å²) >= 11 is 0. The average Bonchev–Trinajstić information content (AvgIpc) is 3.28. The van der Waals surface area contributed by atoms with Gasteiger partial charge in [0.15, 0.2) is 5.96 Å². The third-order valence-electron chi connectivity index (χ3n) is 3.68. The van der Waals surface area contributed by atoms with E-state index >= 15 is 0 Å². The lowest BCUT2D eigenvalue weighted by Gasteiger charge is -2.16. The monoisotopic (exact) mass is 430 g/mol. The molecule has 1 aliphatic rings. The molecule has 1 aromatic carbocycles. The van der Waals surface area contributed by atoms with E-state index in [1.165, 1.54) is 12.8 Å². The Morgan fingerprint density at radius 1 is 1.43 bits per heavy atom. The van der Waals surface area contributed by atoms with Crippen LogP contribution >= 0.6 is 24.0 Å². The zero-order valence-electron chi connectivity index (χ0n) is 14.1. The number of amides is 1. The Hall–Kier alpha value is -1.31. The Balaban J connectivity index is 0.00000264. The Kier molecular flexibility index (Phi) is 7.81. The van der Waals surface area contributed by atoms with Crippen LogP contribution in [0, 0.1) is 5.92 Å². The van der Waals surface area contributed by atoms with Crippen molar-refractivity contribution in [3.63, 3.8) is 0 Å². The van der Waals surface area contributed by atoms with Crippen LogP contribution in [0.5, 0.6) is 0 Å². The molecule has 0 bridgehead atoms. The summed E-state index contributed by atoms with van der Waals surface area (Å²) in [5, 5.41) is 2.92. The first kappa shape index (κ1) is 19.7. The predicted octanol–water partition coefficient (Wildman–Crippen LogP) is 3.20. The normalized spacial score (nSPS) is 14.3. The molecule has 2 rings (SSSR count). The molecule has 0 saturated heterocycles. The first-order valence-corrected chi connectivity index (χ1v) is 7.87. The number of carbonyl (C=O) groups excluding carboxylic acids is 1. The summed E-state index contributed by atoms with van der Waals surface area (Å²) in [5.74, 6) is 0.978. The summed E-state index contributed by atoms with van der Waals surface area (Å²) in [6.07, 6.45) is 2.93. The maximum atomic E-state index is 11.8. The predicted molar refractivity (Wildman–Crippen MR) is 106 cm³/mol. The van der Waals surface area contributed by atoms with Crippen LogP contribution in [-0.4, -0.2) is 29.9 Å². The molecule has 1 fully saturated rings. The number of hydrogen-bond donors (Lipinski definition) is 2. The smallest absolute Gasteiger partial charge is 0.224 e. The van der Waals surface area contributed by atoms with Crippen molar-refractivity contribution < 1.29 is 4.79 Å². The van der Waals surface area contributed by atoms with Gasteiger partial charge in [0.25, 0.3) is 0 Å². The fraction of sp³-hybridized carbons (Fsp3) is 0.529. The van der Waals surface area contributed by atoms with Crippen molar-refractivity contribution >= 4 is 41.5 Å². The first-order valence-electron chi connectivity index (χ1n) is 7.87. The van der Waals surface area contributed by atoms with Crippen molar-refractivity contribution in [2.24, 2.45) is 16.6 Å². The van der Waals surface area contributed by atoms with E-state index in [1.54, 1.807) is 0 Å². The molecule has 3 N–H and O–H groups in total. The van der Waals surface area contributed by atoms with E-state index < -0.39 is 0 Å². The highest BCUT2D eigenvalue weighted by Gasteiger charge is 2.27. The Bertz CT molecular complexity index is 555. The largest absolute Gasteiger partial charge is 0.370 e. The third kappa shape index (κ3) is 6.76. The van der Waals surface area contributed by atoms with Gasteiger partial charge in [0.2, 0.25) is 5.91 Å². The molecule has 0 aliphatic heterocycles. The first-order chi connectivity index (χ1) is 10.5. The molecule has 1 amide bonds. The molecule has 0 spiro atoms. The SMILES string of the molecule is CC(C)CC(=O)Nc1cccc(CN=C(N)N(C)C2CC2)c1.I. The topological polar surface area (TPSA) is 70.7 Å². The lowest BCUT2D eigenvalue weighted by Crippen LogP contribution is -2.35. The van der Waals surface area contributed by atoms with Crippen LogP contribution in [0.2, 0.25) is 0 Å². The van der Waals surface area contributed by atoms with Crippen molar-refractivity contribution in [2.75, 3.05) is 12.4 Å². The fourth-order valence-electron chi connectivity index (χ4n) is 2.26. The van der Waals surface area contributed by atoms with Gasteiger partial charge >= 0.3 is 0 Å². The summed E-state index contributed by atoms with van der Waals surface area (Å²) in [5.41, 5.74) is 7.83. The van der Waals surface area contributed by atoms with Crippen molar-refractivity contribution in [2.45, 2.75) is 45.7 Å². The molecule has 1 saturated carbocycles. The second kappa shape index (κ2) is 9.10. The van der Waals surface area contributed by atoms with Gasteiger partial charge in [-0.1, -0.05) is 26.0 Å². The molecule has 6 heteroatoms. The minimum absolute atomic E-state index is 0. The zero-order valence-corrected chi connectivity index (χ0v) is 16.4. The summed E-state index contributed by atoms with van der Waals surface area (Å²) in [6.45, 7) is 4.59. The number of benzene rings is 1. The molecule has 0 radical (unpaired) electrons. The van der Waals surface area contributed by atoms with Crippen LogP contribution in [0.3, 0.4) is 0 Å². The van der Waals surface area contributed by atoms with E-state index in [4.69, 9.17) is 5.73 Å². The highest BCUT2D eigenvalue weighted by atomic mass is 127. The van der Waals surface area contributed by atoms with E-state index in [0.717, 1.165) is 11.3 Å². The van der Waals surface area contributed by atoms with Gasteiger partial charge < -0.3 is 16.0 Å². The van der Waals surface area contributed by atoms with Gasteiger partial charge in [-0.2, -0.15) is 0 Å². The molecule has 0 unspecified atom stereocenters. The Morgan fingerprint density at radius 2 is 2.13 bits per heavy atom. The number of aliphatic imine (C=N–C) groups is 1. The van der Waals surface area contributed by atoms with Crippen LogP contribution < -0.4 is 11.1 Å². The maximum Gasteiger partial charge on any atom is 0.224 e. The van der Waals surface area contributed by atoms with Crippen molar-refractivity contribution in [3.8, 4) is 0 Å². The minimum Gasteiger partial charge on any atom is -0.370 e. The molecule has 23 heavy (non-hydrogen) atoms. The highest BCUT2D eigenvalue weighted by molar-refractivity contribution is 14.0.